The van der Waals surface area contributed by atoms with E-state index in [0.717, 1.165) is 45.8 Å². The lowest BCUT2D eigenvalue weighted by Gasteiger charge is -2.26. The molecule has 2 fully saturated rings. The fourth-order valence-electron chi connectivity index (χ4n) is 3.81. The van der Waals surface area contributed by atoms with Gasteiger partial charge in [0.2, 0.25) is 0 Å². The molecule has 0 bridgehead atoms. The van der Waals surface area contributed by atoms with Crippen LogP contribution >= 0.6 is 0 Å². The highest BCUT2D eigenvalue weighted by atomic mass is 16.5. The zero-order chi connectivity index (χ0) is 18.3. The molecule has 1 atom stereocenters. The van der Waals surface area contributed by atoms with Gasteiger partial charge in [-0.25, -0.2) is 0 Å². The molecule has 6 nitrogen and oxygen atoms in total. The number of rotatable bonds is 13. The van der Waals surface area contributed by atoms with E-state index >= 15 is 0 Å². The minimum Gasteiger partial charge on any atom is -0.393 e. The summed E-state index contributed by atoms with van der Waals surface area (Å²) in [5, 5.41) is 13.6. The molecule has 0 radical (unpaired) electrons. The molecule has 6 heteroatoms. The molecular weight excluding hydrogens is 332 g/mol. The van der Waals surface area contributed by atoms with E-state index in [4.69, 9.17) is 14.2 Å². The van der Waals surface area contributed by atoms with Crippen molar-refractivity contribution in [2.24, 2.45) is 5.92 Å². The summed E-state index contributed by atoms with van der Waals surface area (Å²) in [4.78, 5) is 2.43. The highest BCUT2D eigenvalue weighted by molar-refractivity contribution is 4.72. The van der Waals surface area contributed by atoms with Gasteiger partial charge in [0.05, 0.1) is 39.1 Å². The maximum atomic E-state index is 10.3. The Hall–Kier alpha value is -0.240. The second kappa shape index (κ2) is 14.8. The van der Waals surface area contributed by atoms with Crippen molar-refractivity contribution in [3.63, 3.8) is 0 Å². The average Bonchev–Trinajstić information content (AvgIpc) is 2.96. The van der Waals surface area contributed by atoms with Crippen molar-refractivity contribution < 1.29 is 19.3 Å². The Morgan fingerprint density at radius 1 is 0.808 bits per heavy atom. The van der Waals surface area contributed by atoms with E-state index in [2.05, 4.69) is 10.2 Å². The van der Waals surface area contributed by atoms with Gasteiger partial charge >= 0.3 is 0 Å². The second-order valence-electron chi connectivity index (χ2n) is 7.54. The van der Waals surface area contributed by atoms with Crippen LogP contribution in [0.1, 0.15) is 44.9 Å². The first-order chi connectivity index (χ1) is 12.9. The molecule has 1 heterocycles. The lowest BCUT2D eigenvalue weighted by Crippen LogP contribution is -2.44. The van der Waals surface area contributed by atoms with Crippen molar-refractivity contribution in [3.05, 3.63) is 0 Å². The lowest BCUT2D eigenvalue weighted by molar-refractivity contribution is -0.000834. The Morgan fingerprint density at radius 3 is 2.04 bits per heavy atom. The molecule has 1 unspecified atom stereocenters. The minimum atomic E-state index is -0.196. The smallest absolute Gasteiger partial charge is 0.0701 e. The first kappa shape index (κ1) is 22.1. The summed E-state index contributed by atoms with van der Waals surface area (Å²) in [6.45, 7) is 9.27. The standard InChI is InChI=1S/C20H40N2O4/c23-20(19-5-3-1-2-4-6-19)7-13-24-15-17-26-18-16-25-14-12-22-10-8-21-9-11-22/h19-21,23H,1-18H2. The van der Waals surface area contributed by atoms with Gasteiger partial charge in [0, 0.05) is 39.3 Å². The molecule has 0 spiro atoms. The molecule has 0 amide bonds. The Kier molecular flexibility index (Phi) is 12.5. The SMILES string of the molecule is OC(CCOCCOCCOCCN1CCNCC1)C1CCCCCC1. The number of aliphatic hydroxyl groups excluding tert-OH is 1. The molecule has 2 N–H and O–H groups in total. The third-order valence-corrected chi connectivity index (χ3v) is 5.51. The third kappa shape index (κ3) is 10.2. The van der Waals surface area contributed by atoms with Gasteiger partial charge in [-0.05, 0) is 25.2 Å². The zero-order valence-corrected chi connectivity index (χ0v) is 16.5. The summed E-state index contributed by atoms with van der Waals surface area (Å²) in [6.07, 6.45) is 8.12. The minimum absolute atomic E-state index is 0.196. The van der Waals surface area contributed by atoms with Crippen LogP contribution in [0.4, 0.5) is 0 Å². The Balaban J connectivity index is 1.31. The summed E-state index contributed by atoms with van der Waals surface area (Å²) in [6, 6.07) is 0. The molecule has 0 aromatic rings. The number of piperazine rings is 1. The van der Waals surface area contributed by atoms with E-state index in [9.17, 15) is 5.11 Å². The van der Waals surface area contributed by atoms with Crippen LogP contribution < -0.4 is 5.32 Å². The van der Waals surface area contributed by atoms with Gasteiger partial charge in [-0.3, -0.25) is 4.90 Å². The average molecular weight is 373 g/mol. The topological polar surface area (TPSA) is 63.2 Å². The normalized spacial score (nSPS) is 21.6. The van der Waals surface area contributed by atoms with Crippen molar-refractivity contribution in [3.8, 4) is 0 Å². The quantitative estimate of drug-likeness (QED) is 0.379. The van der Waals surface area contributed by atoms with Gasteiger partial charge in [0.1, 0.15) is 0 Å². The van der Waals surface area contributed by atoms with Crippen molar-refractivity contribution in [1.29, 1.82) is 0 Å². The first-order valence-electron chi connectivity index (χ1n) is 10.7. The van der Waals surface area contributed by atoms with Crippen LogP contribution in [0.5, 0.6) is 0 Å². The third-order valence-electron chi connectivity index (χ3n) is 5.51. The lowest BCUT2D eigenvalue weighted by atomic mass is 9.92. The van der Waals surface area contributed by atoms with Crippen LogP contribution in [-0.2, 0) is 14.2 Å². The molecular formula is C20H40N2O4. The predicted octanol–water partition coefficient (Wildman–Crippen LogP) is 1.66. The highest BCUT2D eigenvalue weighted by Gasteiger charge is 2.20. The Morgan fingerprint density at radius 2 is 1.38 bits per heavy atom. The molecule has 0 aromatic carbocycles. The summed E-state index contributed by atoms with van der Waals surface area (Å²) in [5.41, 5.74) is 0. The molecule has 1 saturated heterocycles. The van der Waals surface area contributed by atoms with Gasteiger partial charge in [-0.15, -0.1) is 0 Å². The number of hydrogen-bond acceptors (Lipinski definition) is 6. The fraction of sp³-hybridized carbons (Fsp3) is 1.00. The summed E-state index contributed by atoms with van der Waals surface area (Å²) in [5.74, 6) is 0.482. The van der Waals surface area contributed by atoms with Gasteiger partial charge < -0.3 is 24.6 Å². The van der Waals surface area contributed by atoms with Crippen molar-refractivity contribution in [2.75, 3.05) is 72.4 Å². The molecule has 2 rings (SSSR count). The number of nitrogens with zero attached hydrogens (tertiary/aromatic N) is 1. The fourth-order valence-corrected chi connectivity index (χ4v) is 3.81. The van der Waals surface area contributed by atoms with Crippen molar-refractivity contribution in [1.82, 2.24) is 10.2 Å². The summed E-state index contributed by atoms with van der Waals surface area (Å²) in [7, 11) is 0. The Labute approximate surface area is 159 Å². The van der Waals surface area contributed by atoms with E-state index in [0.29, 0.717) is 39.0 Å². The van der Waals surface area contributed by atoms with E-state index < -0.39 is 0 Å². The molecule has 1 aliphatic heterocycles. The van der Waals surface area contributed by atoms with Crippen LogP contribution in [0.2, 0.25) is 0 Å². The predicted molar refractivity (Wildman–Crippen MR) is 104 cm³/mol. The van der Waals surface area contributed by atoms with E-state index in [-0.39, 0.29) is 6.10 Å². The van der Waals surface area contributed by atoms with E-state index in [1.165, 1.54) is 38.5 Å². The maximum absolute atomic E-state index is 10.3. The summed E-state index contributed by atoms with van der Waals surface area (Å²) >= 11 is 0. The second-order valence-corrected chi connectivity index (χ2v) is 7.54. The van der Waals surface area contributed by atoms with E-state index in [1.807, 2.05) is 0 Å². The molecule has 0 aromatic heterocycles. The van der Waals surface area contributed by atoms with Crippen LogP contribution in [0.3, 0.4) is 0 Å². The monoisotopic (exact) mass is 372 g/mol. The first-order valence-corrected chi connectivity index (χ1v) is 10.7. The zero-order valence-electron chi connectivity index (χ0n) is 16.5. The van der Waals surface area contributed by atoms with Crippen LogP contribution in [0, 0.1) is 5.92 Å². The maximum Gasteiger partial charge on any atom is 0.0701 e. The number of aliphatic hydroxyl groups is 1. The van der Waals surface area contributed by atoms with Crippen molar-refractivity contribution >= 4 is 0 Å². The van der Waals surface area contributed by atoms with Crippen LogP contribution in [-0.4, -0.2) is 88.5 Å². The van der Waals surface area contributed by atoms with Crippen LogP contribution in [0.15, 0.2) is 0 Å². The molecule has 154 valence electrons. The highest BCUT2D eigenvalue weighted by Crippen LogP contribution is 2.26. The molecule has 2 aliphatic rings. The molecule has 1 aliphatic carbocycles. The Bertz CT molecular complexity index is 319. The molecule has 1 saturated carbocycles. The number of ether oxygens (including phenoxy) is 3. The van der Waals surface area contributed by atoms with Gasteiger partial charge in [0.25, 0.3) is 0 Å². The van der Waals surface area contributed by atoms with Crippen molar-refractivity contribution in [2.45, 2.75) is 51.0 Å². The number of nitrogens with one attached hydrogen (secondary N) is 1. The summed E-state index contributed by atoms with van der Waals surface area (Å²) < 4.78 is 16.7. The van der Waals surface area contributed by atoms with Crippen LogP contribution in [0.25, 0.3) is 0 Å². The van der Waals surface area contributed by atoms with E-state index in [1.54, 1.807) is 0 Å². The number of hydrogen-bond donors (Lipinski definition) is 2. The van der Waals surface area contributed by atoms with Gasteiger partial charge in [-0.1, -0.05) is 25.7 Å². The van der Waals surface area contributed by atoms with Gasteiger partial charge in [0.15, 0.2) is 0 Å². The molecule has 26 heavy (non-hydrogen) atoms. The van der Waals surface area contributed by atoms with Gasteiger partial charge in [-0.2, -0.15) is 0 Å². The largest absolute Gasteiger partial charge is 0.393 e.